The molecule has 1 heterocycles. The highest BCUT2D eigenvalue weighted by atomic mass is 79.9. The molecule has 4 heteroatoms. The third-order valence-corrected chi connectivity index (χ3v) is 4.47. The maximum atomic E-state index is 5.32. The van der Waals surface area contributed by atoms with Gasteiger partial charge in [-0.1, -0.05) is 15.9 Å². The van der Waals surface area contributed by atoms with Crippen molar-refractivity contribution < 1.29 is 4.74 Å². The maximum absolute atomic E-state index is 5.32. The van der Waals surface area contributed by atoms with E-state index in [0.717, 1.165) is 18.8 Å². The van der Waals surface area contributed by atoms with E-state index < -0.39 is 0 Å². The first kappa shape index (κ1) is 14.8. The second kappa shape index (κ2) is 6.73. The SMILES string of the molecule is COc1ccc(Br)c(CN2CCCC2CN(C)C)c1. The maximum Gasteiger partial charge on any atom is 0.119 e. The number of hydrogen-bond acceptors (Lipinski definition) is 3. The van der Waals surface area contributed by atoms with Gasteiger partial charge in [0.1, 0.15) is 5.75 Å². The monoisotopic (exact) mass is 326 g/mol. The number of hydrogen-bond donors (Lipinski definition) is 0. The predicted octanol–water partition coefficient (Wildman–Crippen LogP) is 2.98. The Hall–Kier alpha value is -0.580. The van der Waals surface area contributed by atoms with Crippen LogP contribution in [0.15, 0.2) is 22.7 Å². The fourth-order valence-electron chi connectivity index (χ4n) is 2.75. The van der Waals surface area contributed by atoms with Crippen LogP contribution in [0, 0.1) is 0 Å². The summed E-state index contributed by atoms with van der Waals surface area (Å²) in [7, 11) is 6.02. The minimum absolute atomic E-state index is 0.674. The lowest BCUT2D eigenvalue weighted by molar-refractivity contribution is 0.200. The minimum Gasteiger partial charge on any atom is -0.497 e. The van der Waals surface area contributed by atoms with E-state index in [1.807, 2.05) is 6.07 Å². The summed E-state index contributed by atoms with van der Waals surface area (Å²) in [6.07, 6.45) is 2.61. The van der Waals surface area contributed by atoms with Gasteiger partial charge in [0.2, 0.25) is 0 Å². The summed E-state index contributed by atoms with van der Waals surface area (Å²) in [6, 6.07) is 6.88. The molecule has 0 radical (unpaired) electrons. The van der Waals surface area contributed by atoms with Crippen molar-refractivity contribution in [1.29, 1.82) is 0 Å². The molecular formula is C15H23BrN2O. The Morgan fingerprint density at radius 3 is 2.89 bits per heavy atom. The highest BCUT2D eigenvalue weighted by Crippen LogP contribution is 2.27. The lowest BCUT2D eigenvalue weighted by Gasteiger charge is -2.27. The summed E-state index contributed by atoms with van der Waals surface area (Å²) < 4.78 is 6.49. The zero-order valence-corrected chi connectivity index (χ0v) is 13.6. The summed E-state index contributed by atoms with van der Waals surface area (Å²) in [6.45, 7) is 3.33. The van der Waals surface area contributed by atoms with Crippen molar-refractivity contribution in [3.63, 3.8) is 0 Å². The lowest BCUT2D eigenvalue weighted by Crippen LogP contribution is -2.37. The number of ether oxygens (including phenoxy) is 1. The van der Waals surface area contributed by atoms with Crippen LogP contribution in [0.4, 0.5) is 0 Å². The van der Waals surface area contributed by atoms with Crippen LogP contribution in [-0.4, -0.2) is 50.1 Å². The van der Waals surface area contributed by atoms with Gasteiger partial charge in [0.05, 0.1) is 7.11 Å². The predicted molar refractivity (Wildman–Crippen MR) is 82.7 cm³/mol. The molecule has 1 fully saturated rings. The number of likely N-dealkylation sites (tertiary alicyclic amines) is 1. The molecule has 3 nitrogen and oxygen atoms in total. The van der Waals surface area contributed by atoms with Gasteiger partial charge in [-0.3, -0.25) is 4.90 Å². The molecule has 1 saturated heterocycles. The van der Waals surface area contributed by atoms with Gasteiger partial charge in [0.15, 0.2) is 0 Å². The summed E-state index contributed by atoms with van der Waals surface area (Å²) in [5.41, 5.74) is 1.31. The van der Waals surface area contributed by atoms with Crippen molar-refractivity contribution in [2.75, 3.05) is 34.3 Å². The molecule has 0 saturated carbocycles. The highest BCUT2D eigenvalue weighted by Gasteiger charge is 2.25. The van der Waals surface area contributed by atoms with E-state index in [1.54, 1.807) is 7.11 Å². The van der Waals surface area contributed by atoms with Gasteiger partial charge in [-0.25, -0.2) is 0 Å². The van der Waals surface area contributed by atoms with Gasteiger partial charge < -0.3 is 9.64 Å². The number of likely N-dealkylation sites (N-methyl/N-ethyl adjacent to an activating group) is 1. The van der Waals surface area contributed by atoms with Gasteiger partial charge >= 0.3 is 0 Å². The summed E-state index contributed by atoms with van der Waals surface area (Å²) >= 11 is 3.65. The average molecular weight is 327 g/mol. The van der Waals surface area contributed by atoms with E-state index in [2.05, 4.69) is 52.0 Å². The van der Waals surface area contributed by atoms with Crippen molar-refractivity contribution in [2.45, 2.75) is 25.4 Å². The Kier molecular flexibility index (Phi) is 5.25. The summed E-state index contributed by atoms with van der Waals surface area (Å²) in [5, 5.41) is 0. The second-order valence-corrected chi connectivity index (χ2v) is 6.34. The molecule has 0 aliphatic carbocycles. The van der Waals surface area contributed by atoms with Crippen LogP contribution in [0.2, 0.25) is 0 Å². The Morgan fingerprint density at radius 2 is 2.21 bits per heavy atom. The number of benzene rings is 1. The fraction of sp³-hybridized carbons (Fsp3) is 0.600. The quantitative estimate of drug-likeness (QED) is 0.827. The van der Waals surface area contributed by atoms with Crippen molar-refractivity contribution in [2.24, 2.45) is 0 Å². The number of methoxy groups -OCH3 is 1. The molecule has 1 aromatic carbocycles. The van der Waals surface area contributed by atoms with Gasteiger partial charge in [-0.2, -0.15) is 0 Å². The van der Waals surface area contributed by atoms with Crippen molar-refractivity contribution >= 4 is 15.9 Å². The number of nitrogens with zero attached hydrogens (tertiary/aromatic N) is 2. The molecule has 0 amide bonds. The van der Waals surface area contributed by atoms with E-state index in [-0.39, 0.29) is 0 Å². The molecule has 19 heavy (non-hydrogen) atoms. The first-order valence-electron chi connectivity index (χ1n) is 6.81. The first-order valence-corrected chi connectivity index (χ1v) is 7.60. The van der Waals surface area contributed by atoms with Crippen LogP contribution in [-0.2, 0) is 6.54 Å². The van der Waals surface area contributed by atoms with Crippen LogP contribution in [0.3, 0.4) is 0 Å². The first-order chi connectivity index (χ1) is 9.10. The Balaban J connectivity index is 2.07. The Morgan fingerprint density at radius 1 is 1.42 bits per heavy atom. The zero-order chi connectivity index (χ0) is 13.8. The van der Waals surface area contributed by atoms with E-state index in [1.165, 1.54) is 29.4 Å². The van der Waals surface area contributed by atoms with Crippen LogP contribution < -0.4 is 4.74 Å². The molecule has 1 aliphatic heterocycles. The molecule has 1 aromatic rings. The average Bonchev–Trinajstić information content (AvgIpc) is 2.78. The van der Waals surface area contributed by atoms with Crippen molar-refractivity contribution in [3.8, 4) is 5.75 Å². The number of rotatable bonds is 5. The Labute approximate surface area is 124 Å². The zero-order valence-electron chi connectivity index (χ0n) is 12.0. The third-order valence-electron chi connectivity index (χ3n) is 3.70. The topological polar surface area (TPSA) is 15.7 Å². The van der Waals surface area contributed by atoms with E-state index in [9.17, 15) is 0 Å². The van der Waals surface area contributed by atoms with Crippen LogP contribution in [0.1, 0.15) is 18.4 Å². The largest absolute Gasteiger partial charge is 0.497 e. The molecule has 0 bridgehead atoms. The fourth-order valence-corrected chi connectivity index (χ4v) is 3.12. The number of halogens is 1. The third kappa shape index (κ3) is 3.94. The van der Waals surface area contributed by atoms with Gasteiger partial charge in [0, 0.05) is 23.6 Å². The highest BCUT2D eigenvalue weighted by molar-refractivity contribution is 9.10. The summed E-state index contributed by atoms with van der Waals surface area (Å²) in [5.74, 6) is 0.932. The molecule has 1 atom stereocenters. The standard InChI is InChI=1S/C15H23BrN2O/c1-17(2)11-13-5-4-8-18(13)10-12-9-14(19-3)6-7-15(12)16/h6-7,9,13H,4-5,8,10-11H2,1-3H3. The van der Waals surface area contributed by atoms with Crippen LogP contribution in [0.5, 0.6) is 5.75 Å². The smallest absolute Gasteiger partial charge is 0.119 e. The molecule has 0 spiro atoms. The lowest BCUT2D eigenvalue weighted by atomic mass is 10.1. The molecule has 2 rings (SSSR count). The minimum atomic E-state index is 0.674. The summed E-state index contributed by atoms with van der Waals surface area (Å²) in [4.78, 5) is 4.86. The van der Waals surface area contributed by atoms with Crippen molar-refractivity contribution in [1.82, 2.24) is 9.80 Å². The van der Waals surface area contributed by atoms with Crippen LogP contribution >= 0.6 is 15.9 Å². The van der Waals surface area contributed by atoms with E-state index in [0.29, 0.717) is 6.04 Å². The van der Waals surface area contributed by atoms with E-state index in [4.69, 9.17) is 4.74 Å². The molecule has 0 aromatic heterocycles. The van der Waals surface area contributed by atoms with Gasteiger partial charge in [-0.15, -0.1) is 0 Å². The Bertz CT molecular complexity index is 423. The normalized spacial score (nSPS) is 20.2. The molecular weight excluding hydrogens is 304 g/mol. The molecule has 1 aliphatic rings. The molecule has 106 valence electrons. The van der Waals surface area contributed by atoms with Gasteiger partial charge in [-0.05, 0) is 57.2 Å². The molecule has 0 N–H and O–H groups in total. The van der Waals surface area contributed by atoms with Crippen LogP contribution in [0.25, 0.3) is 0 Å². The van der Waals surface area contributed by atoms with Crippen molar-refractivity contribution in [3.05, 3.63) is 28.2 Å². The molecule has 1 unspecified atom stereocenters. The van der Waals surface area contributed by atoms with Gasteiger partial charge in [0.25, 0.3) is 0 Å². The second-order valence-electron chi connectivity index (χ2n) is 5.49. The van der Waals surface area contributed by atoms with E-state index >= 15 is 0 Å².